The standard InChI is InChI=1S/C31H56O4/c1-2-3-4-5-16-19-22-30(34)31(35)23-20-17-14-12-10-8-6-7-9-11-13-15-18-21-27-24-28(32)26-29(33)25-27/h24-26,30-35H,2-23H2,1H3. The second-order valence-corrected chi connectivity index (χ2v) is 10.7. The van der Waals surface area contributed by atoms with Crippen molar-refractivity contribution in [3.8, 4) is 11.5 Å². The Morgan fingerprint density at radius 2 is 0.829 bits per heavy atom. The fourth-order valence-electron chi connectivity index (χ4n) is 4.95. The van der Waals surface area contributed by atoms with E-state index in [0.29, 0.717) is 0 Å². The number of aromatic hydroxyl groups is 2. The van der Waals surface area contributed by atoms with E-state index in [2.05, 4.69) is 6.92 Å². The number of phenolic OH excluding ortho intramolecular Hbond substituents is 2. The molecule has 0 amide bonds. The summed E-state index contributed by atoms with van der Waals surface area (Å²) >= 11 is 0. The van der Waals surface area contributed by atoms with Crippen LogP contribution in [0.3, 0.4) is 0 Å². The Morgan fingerprint density at radius 3 is 1.23 bits per heavy atom. The third-order valence-electron chi connectivity index (χ3n) is 7.23. The van der Waals surface area contributed by atoms with Gasteiger partial charge in [0.25, 0.3) is 0 Å². The summed E-state index contributed by atoms with van der Waals surface area (Å²) in [5.74, 6) is 0.292. The number of unbranched alkanes of at least 4 members (excludes halogenated alkanes) is 17. The number of aliphatic hydroxyl groups is 2. The highest BCUT2D eigenvalue weighted by atomic mass is 16.3. The van der Waals surface area contributed by atoms with Crippen molar-refractivity contribution < 1.29 is 20.4 Å². The smallest absolute Gasteiger partial charge is 0.119 e. The van der Waals surface area contributed by atoms with Crippen molar-refractivity contribution in [2.75, 3.05) is 0 Å². The molecule has 0 saturated carbocycles. The molecule has 0 aliphatic carbocycles. The highest BCUT2D eigenvalue weighted by molar-refractivity contribution is 5.36. The zero-order valence-electron chi connectivity index (χ0n) is 22.7. The molecule has 0 radical (unpaired) electrons. The third-order valence-corrected chi connectivity index (χ3v) is 7.23. The number of hydrogen-bond acceptors (Lipinski definition) is 4. The monoisotopic (exact) mass is 492 g/mol. The van der Waals surface area contributed by atoms with Gasteiger partial charge in [-0.2, -0.15) is 0 Å². The largest absolute Gasteiger partial charge is 0.508 e. The highest BCUT2D eigenvalue weighted by Gasteiger charge is 2.15. The summed E-state index contributed by atoms with van der Waals surface area (Å²) in [5.41, 5.74) is 1.01. The lowest BCUT2D eigenvalue weighted by atomic mass is 9.99. The van der Waals surface area contributed by atoms with Gasteiger partial charge in [0.2, 0.25) is 0 Å². The summed E-state index contributed by atoms with van der Waals surface area (Å²) in [6.45, 7) is 2.23. The van der Waals surface area contributed by atoms with E-state index in [9.17, 15) is 20.4 Å². The van der Waals surface area contributed by atoms with E-state index >= 15 is 0 Å². The number of phenols is 2. The van der Waals surface area contributed by atoms with Crippen LogP contribution in [0.2, 0.25) is 0 Å². The van der Waals surface area contributed by atoms with E-state index in [0.717, 1.165) is 44.1 Å². The molecule has 0 bridgehead atoms. The topological polar surface area (TPSA) is 80.9 Å². The van der Waals surface area contributed by atoms with Crippen molar-refractivity contribution >= 4 is 0 Å². The third kappa shape index (κ3) is 18.6. The minimum absolute atomic E-state index is 0.146. The Kier molecular flexibility index (Phi) is 19.9. The van der Waals surface area contributed by atoms with Crippen molar-refractivity contribution in [2.24, 2.45) is 0 Å². The first-order valence-electron chi connectivity index (χ1n) is 14.9. The van der Waals surface area contributed by atoms with Crippen molar-refractivity contribution in [1.29, 1.82) is 0 Å². The molecule has 1 rings (SSSR count). The van der Waals surface area contributed by atoms with Gasteiger partial charge in [-0.1, -0.05) is 122 Å². The number of benzene rings is 1. The van der Waals surface area contributed by atoms with Crippen LogP contribution in [-0.4, -0.2) is 32.6 Å². The first kappa shape index (κ1) is 31.8. The quantitative estimate of drug-likeness (QED) is 0.109. The van der Waals surface area contributed by atoms with Crippen LogP contribution < -0.4 is 0 Å². The molecule has 1 aromatic rings. The molecule has 4 heteroatoms. The Labute approximate surface area is 216 Å². The molecule has 0 aromatic heterocycles. The molecule has 0 saturated heterocycles. The van der Waals surface area contributed by atoms with Crippen molar-refractivity contribution in [2.45, 2.75) is 160 Å². The van der Waals surface area contributed by atoms with Crippen LogP contribution in [0.4, 0.5) is 0 Å². The summed E-state index contributed by atoms with van der Waals surface area (Å²) in [6.07, 6.45) is 25.0. The molecule has 0 aliphatic heterocycles. The van der Waals surface area contributed by atoms with Crippen molar-refractivity contribution in [3.05, 3.63) is 23.8 Å². The molecule has 0 fully saturated rings. The lowest BCUT2D eigenvalue weighted by molar-refractivity contribution is 0.00712. The Hall–Kier alpha value is -1.26. The maximum Gasteiger partial charge on any atom is 0.119 e. The molecule has 35 heavy (non-hydrogen) atoms. The Bertz CT molecular complexity index is 583. The van der Waals surface area contributed by atoms with Crippen LogP contribution >= 0.6 is 0 Å². The SMILES string of the molecule is CCCCCCCCC(O)C(O)CCCCCCCCCCCCCCCc1cc(O)cc(O)c1. The number of hydrogen-bond donors (Lipinski definition) is 4. The minimum Gasteiger partial charge on any atom is -0.508 e. The molecule has 0 aliphatic rings. The summed E-state index contributed by atoms with van der Waals surface area (Å²) in [4.78, 5) is 0. The van der Waals surface area contributed by atoms with Crippen LogP contribution in [0.15, 0.2) is 18.2 Å². The molecular formula is C31H56O4. The first-order chi connectivity index (χ1) is 17.0. The number of aliphatic hydroxyl groups excluding tert-OH is 2. The van der Waals surface area contributed by atoms with Gasteiger partial charge in [-0.05, 0) is 43.4 Å². The molecular weight excluding hydrogens is 436 g/mol. The highest BCUT2D eigenvalue weighted by Crippen LogP contribution is 2.22. The van der Waals surface area contributed by atoms with Gasteiger partial charge in [-0.25, -0.2) is 0 Å². The molecule has 2 atom stereocenters. The maximum atomic E-state index is 10.2. The van der Waals surface area contributed by atoms with Gasteiger partial charge in [0.15, 0.2) is 0 Å². The molecule has 0 heterocycles. The summed E-state index contributed by atoms with van der Waals surface area (Å²) in [7, 11) is 0. The van der Waals surface area contributed by atoms with Crippen LogP contribution in [0, 0.1) is 0 Å². The summed E-state index contributed by atoms with van der Waals surface area (Å²) < 4.78 is 0. The van der Waals surface area contributed by atoms with Gasteiger partial charge in [-0.15, -0.1) is 0 Å². The number of rotatable bonds is 24. The van der Waals surface area contributed by atoms with Crippen LogP contribution in [0.1, 0.15) is 147 Å². The van der Waals surface area contributed by atoms with E-state index < -0.39 is 12.2 Å². The molecule has 1 aromatic carbocycles. The average Bonchev–Trinajstić information content (AvgIpc) is 2.82. The van der Waals surface area contributed by atoms with Gasteiger partial charge >= 0.3 is 0 Å². The van der Waals surface area contributed by atoms with E-state index in [1.165, 1.54) is 109 Å². The summed E-state index contributed by atoms with van der Waals surface area (Å²) in [5, 5.41) is 39.3. The van der Waals surface area contributed by atoms with E-state index in [1.807, 2.05) is 0 Å². The summed E-state index contributed by atoms with van der Waals surface area (Å²) in [6, 6.07) is 4.86. The van der Waals surface area contributed by atoms with E-state index in [-0.39, 0.29) is 11.5 Å². The van der Waals surface area contributed by atoms with Crippen molar-refractivity contribution in [1.82, 2.24) is 0 Å². The van der Waals surface area contributed by atoms with Gasteiger partial charge in [0, 0.05) is 6.07 Å². The second kappa shape index (κ2) is 22.0. The molecule has 2 unspecified atom stereocenters. The minimum atomic E-state index is -0.536. The van der Waals surface area contributed by atoms with Gasteiger partial charge < -0.3 is 20.4 Å². The normalized spacial score (nSPS) is 13.2. The fraction of sp³-hybridized carbons (Fsp3) is 0.806. The Morgan fingerprint density at radius 1 is 0.486 bits per heavy atom. The first-order valence-corrected chi connectivity index (χ1v) is 14.9. The zero-order chi connectivity index (χ0) is 25.6. The van der Waals surface area contributed by atoms with Gasteiger partial charge in [-0.3, -0.25) is 0 Å². The van der Waals surface area contributed by atoms with E-state index in [1.54, 1.807) is 12.1 Å². The number of aryl methyl sites for hydroxylation is 1. The fourth-order valence-corrected chi connectivity index (χ4v) is 4.95. The lowest BCUT2D eigenvalue weighted by Gasteiger charge is -2.17. The van der Waals surface area contributed by atoms with Crippen LogP contribution in [0.25, 0.3) is 0 Å². The Balaban J connectivity index is 1.81. The maximum absolute atomic E-state index is 10.2. The molecule has 204 valence electrons. The van der Waals surface area contributed by atoms with Gasteiger partial charge in [0.1, 0.15) is 11.5 Å². The van der Waals surface area contributed by atoms with Crippen LogP contribution in [0.5, 0.6) is 11.5 Å². The molecule has 0 spiro atoms. The molecule has 4 N–H and O–H groups in total. The predicted molar refractivity (Wildman–Crippen MR) is 148 cm³/mol. The molecule has 4 nitrogen and oxygen atoms in total. The zero-order valence-corrected chi connectivity index (χ0v) is 22.7. The van der Waals surface area contributed by atoms with Gasteiger partial charge in [0.05, 0.1) is 12.2 Å². The lowest BCUT2D eigenvalue weighted by Crippen LogP contribution is -2.25. The predicted octanol–water partition coefficient (Wildman–Crippen LogP) is 8.57. The van der Waals surface area contributed by atoms with E-state index in [4.69, 9.17) is 0 Å². The van der Waals surface area contributed by atoms with Crippen LogP contribution in [-0.2, 0) is 6.42 Å². The van der Waals surface area contributed by atoms with Crippen molar-refractivity contribution in [3.63, 3.8) is 0 Å². The average molecular weight is 493 g/mol. The second-order valence-electron chi connectivity index (χ2n) is 10.7.